The maximum absolute atomic E-state index is 13.3. The Labute approximate surface area is 200 Å². The second-order valence-electron chi connectivity index (χ2n) is 7.47. The number of nitrogens with one attached hydrogen (secondary N) is 1. The van der Waals surface area contributed by atoms with Gasteiger partial charge in [-0.2, -0.15) is 0 Å². The Morgan fingerprint density at radius 3 is 2.18 bits per heavy atom. The molecule has 0 aromatic heterocycles. The number of amides is 1. The summed E-state index contributed by atoms with van der Waals surface area (Å²) in [7, 11) is -1.02. The Hall–Kier alpha value is -3.78. The van der Waals surface area contributed by atoms with E-state index in [1.807, 2.05) is 43.3 Å². The van der Waals surface area contributed by atoms with Crippen LogP contribution in [0.3, 0.4) is 0 Å². The summed E-state index contributed by atoms with van der Waals surface area (Å²) in [5.41, 5.74) is 1.78. The highest BCUT2D eigenvalue weighted by molar-refractivity contribution is 7.95. The molecule has 8 heteroatoms. The fourth-order valence-corrected chi connectivity index (χ4v) is 4.67. The van der Waals surface area contributed by atoms with Crippen LogP contribution >= 0.6 is 0 Å². The molecule has 1 unspecified atom stereocenters. The largest absolute Gasteiger partial charge is 0.496 e. The van der Waals surface area contributed by atoms with Gasteiger partial charge in [-0.15, -0.1) is 0 Å². The molecule has 0 heterocycles. The zero-order chi connectivity index (χ0) is 24.6. The van der Waals surface area contributed by atoms with E-state index < -0.39 is 28.5 Å². The van der Waals surface area contributed by atoms with Crippen LogP contribution in [0.2, 0.25) is 0 Å². The number of rotatable bonds is 10. The lowest BCUT2D eigenvalue weighted by Crippen LogP contribution is -2.41. The molecule has 34 heavy (non-hydrogen) atoms. The minimum absolute atomic E-state index is 0.266. The highest BCUT2D eigenvalue weighted by atomic mass is 32.2. The zero-order valence-corrected chi connectivity index (χ0v) is 20.2. The third kappa shape index (κ3) is 6.17. The Bertz CT molecular complexity index is 1240. The Balaban J connectivity index is 1.89. The summed E-state index contributed by atoms with van der Waals surface area (Å²) in [5, 5.41) is 3.95. The van der Waals surface area contributed by atoms with Crippen LogP contribution in [0.1, 0.15) is 24.1 Å². The Morgan fingerprint density at radius 2 is 1.50 bits per heavy atom. The molecule has 0 radical (unpaired) electrons. The van der Waals surface area contributed by atoms with Crippen molar-refractivity contribution in [3.05, 3.63) is 95.4 Å². The summed E-state index contributed by atoms with van der Waals surface area (Å²) in [6, 6.07) is 22.7. The second-order valence-corrected chi connectivity index (χ2v) is 9.21. The van der Waals surface area contributed by atoms with E-state index in [0.717, 1.165) is 20.8 Å². The number of carbonyl (C=O) groups is 1. The normalized spacial score (nSPS) is 12.2. The number of anilines is 1. The summed E-state index contributed by atoms with van der Waals surface area (Å²) in [5.74, 6) is 0.501. The molecule has 0 bridgehead atoms. The number of hydrogen-bond donors (Lipinski definition) is 1. The zero-order valence-electron chi connectivity index (χ0n) is 19.3. The van der Waals surface area contributed by atoms with E-state index in [-0.39, 0.29) is 5.69 Å². The average Bonchev–Trinajstić information content (AvgIpc) is 2.86. The van der Waals surface area contributed by atoms with Crippen LogP contribution in [-0.2, 0) is 14.8 Å². The van der Waals surface area contributed by atoms with Crippen molar-refractivity contribution in [3.8, 4) is 11.5 Å². The minimum atomic E-state index is -4.03. The highest BCUT2D eigenvalue weighted by Crippen LogP contribution is 2.31. The van der Waals surface area contributed by atoms with Crippen molar-refractivity contribution < 1.29 is 22.7 Å². The van der Waals surface area contributed by atoms with Gasteiger partial charge in [0.25, 0.3) is 10.0 Å². The first kappa shape index (κ1) is 24.9. The van der Waals surface area contributed by atoms with Crippen molar-refractivity contribution in [2.24, 2.45) is 0 Å². The van der Waals surface area contributed by atoms with Gasteiger partial charge in [-0.05, 0) is 36.8 Å². The summed E-state index contributed by atoms with van der Waals surface area (Å²) in [6.45, 7) is 1.38. The lowest BCUT2D eigenvalue weighted by molar-refractivity contribution is -0.120. The van der Waals surface area contributed by atoms with Gasteiger partial charge in [0, 0.05) is 5.56 Å². The van der Waals surface area contributed by atoms with Crippen molar-refractivity contribution in [2.75, 3.05) is 25.1 Å². The SMILES string of the molecule is COc1ccccc1C(C)NC(=O)CN(c1ccccc1OC)S(=O)(=O)C=Cc1ccccc1. The van der Waals surface area contributed by atoms with Gasteiger partial charge in [0.15, 0.2) is 0 Å². The molecule has 0 spiro atoms. The van der Waals surface area contributed by atoms with Gasteiger partial charge in [-0.3, -0.25) is 9.10 Å². The number of ether oxygens (including phenoxy) is 2. The number of hydrogen-bond acceptors (Lipinski definition) is 5. The molecule has 0 aliphatic rings. The fraction of sp³-hybridized carbons (Fsp3) is 0.192. The molecular weight excluding hydrogens is 452 g/mol. The molecule has 0 saturated carbocycles. The first-order valence-corrected chi connectivity index (χ1v) is 12.2. The average molecular weight is 481 g/mol. The number of nitrogens with zero attached hydrogens (tertiary/aromatic N) is 1. The van der Waals surface area contributed by atoms with E-state index >= 15 is 0 Å². The van der Waals surface area contributed by atoms with Crippen molar-refractivity contribution in [1.29, 1.82) is 0 Å². The molecule has 0 aliphatic carbocycles. The predicted molar refractivity (Wildman–Crippen MR) is 134 cm³/mol. The van der Waals surface area contributed by atoms with Gasteiger partial charge in [0.05, 0.1) is 31.4 Å². The van der Waals surface area contributed by atoms with Gasteiger partial charge in [-0.1, -0.05) is 60.7 Å². The predicted octanol–water partition coefficient (Wildman–Crippen LogP) is 4.39. The quantitative estimate of drug-likeness (QED) is 0.465. The number of methoxy groups -OCH3 is 2. The van der Waals surface area contributed by atoms with Crippen LogP contribution in [0.15, 0.2) is 84.3 Å². The van der Waals surface area contributed by atoms with Crippen molar-refractivity contribution in [3.63, 3.8) is 0 Å². The number of para-hydroxylation sites is 3. The Kier molecular flexibility index (Phi) is 8.32. The number of sulfonamides is 1. The topological polar surface area (TPSA) is 84.9 Å². The third-order valence-corrected chi connectivity index (χ3v) is 6.58. The van der Waals surface area contributed by atoms with Gasteiger partial charge in [0.1, 0.15) is 18.0 Å². The maximum Gasteiger partial charge on any atom is 0.258 e. The molecular formula is C26H28N2O5S. The standard InChI is InChI=1S/C26H28N2O5S/c1-20(22-13-7-9-15-24(22)32-2)27-26(29)19-28(23-14-8-10-16-25(23)33-3)34(30,31)18-17-21-11-5-4-6-12-21/h4-18,20H,19H2,1-3H3,(H,27,29). The molecule has 7 nitrogen and oxygen atoms in total. The smallest absolute Gasteiger partial charge is 0.258 e. The molecule has 178 valence electrons. The minimum Gasteiger partial charge on any atom is -0.496 e. The van der Waals surface area contributed by atoms with Gasteiger partial charge in [-0.25, -0.2) is 8.42 Å². The number of benzene rings is 3. The summed E-state index contributed by atoms with van der Waals surface area (Å²) in [4.78, 5) is 13.0. The third-order valence-electron chi connectivity index (χ3n) is 5.16. The lowest BCUT2D eigenvalue weighted by Gasteiger charge is -2.25. The molecule has 0 saturated heterocycles. The van der Waals surface area contributed by atoms with Crippen molar-refractivity contribution in [1.82, 2.24) is 5.32 Å². The van der Waals surface area contributed by atoms with Crippen molar-refractivity contribution >= 4 is 27.7 Å². The first-order chi connectivity index (χ1) is 16.4. The van der Waals surface area contributed by atoms with E-state index in [1.165, 1.54) is 13.2 Å². The van der Waals surface area contributed by atoms with Crippen LogP contribution in [0.25, 0.3) is 6.08 Å². The molecule has 0 aliphatic heterocycles. The fourth-order valence-electron chi connectivity index (χ4n) is 3.47. The summed E-state index contributed by atoms with van der Waals surface area (Å²) < 4.78 is 38.5. The highest BCUT2D eigenvalue weighted by Gasteiger charge is 2.26. The summed E-state index contributed by atoms with van der Waals surface area (Å²) in [6.07, 6.45) is 1.49. The molecule has 0 fully saturated rings. The second kappa shape index (κ2) is 11.4. The molecule has 3 aromatic rings. The van der Waals surface area contributed by atoms with Gasteiger partial charge in [0.2, 0.25) is 5.91 Å². The van der Waals surface area contributed by atoms with Gasteiger partial charge < -0.3 is 14.8 Å². The van der Waals surface area contributed by atoms with E-state index in [2.05, 4.69) is 5.32 Å². The Morgan fingerprint density at radius 1 is 0.912 bits per heavy atom. The van der Waals surface area contributed by atoms with Crippen LogP contribution in [0, 0.1) is 0 Å². The molecule has 1 N–H and O–H groups in total. The van der Waals surface area contributed by atoms with Crippen LogP contribution in [-0.4, -0.2) is 35.1 Å². The van der Waals surface area contributed by atoms with Crippen LogP contribution < -0.4 is 19.1 Å². The molecule has 1 atom stereocenters. The first-order valence-electron chi connectivity index (χ1n) is 10.7. The van der Waals surface area contributed by atoms with Crippen LogP contribution in [0.4, 0.5) is 5.69 Å². The van der Waals surface area contributed by atoms with Crippen molar-refractivity contribution in [2.45, 2.75) is 13.0 Å². The lowest BCUT2D eigenvalue weighted by atomic mass is 10.1. The van der Waals surface area contributed by atoms with E-state index in [4.69, 9.17) is 9.47 Å². The maximum atomic E-state index is 13.3. The van der Waals surface area contributed by atoms with E-state index in [1.54, 1.807) is 49.6 Å². The van der Waals surface area contributed by atoms with E-state index in [0.29, 0.717) is 11.5 Å². The van der Waals surface area contributed by atoms with E-state index in [9.17, 15) is 13.2 Å². The number of carbonyl (C=O) groups excluding carboxylic acids is 1. The van der Waals surface area contributed by atoms with Crippen LogP contribution in [0.5, 0.6) is 11.5 Å². The molecule has 3 aromatic carbocycles. The monoisotopic (exact) mass is 480 g/mol. The summed E-state index contributed by atoms with van der Waals surface area (Å²) >= 11 is 0. The molecule has 1 amide bonds. The van der Waals surface area contributed by atoms with Gasteiger partial charge >= 0.3 is 0 Å². The molecule has 3 rings (SSSR count).